The summed E-state index contributed by atoms with van der Waals surface area (Å²) in [6.45, 7) is 6.40. The monoisotopic (exact) mass is 424 g/mol. The molecule has 28 heavy (non-hydrogen) atoms. The summed E-state index contributed by atoms with van der Waals surface area (Å²) in [6, 6.07) is 8.28. The zero-order valence-corrected chi connectivity index (χ0v) is 17.8. The molecule has 1 aromatic carbocycles. The highest BCUT2D eigenvalue weighted by molar-refractivity contribution is 6.34. The fraction of sp³-hybridized carbons (Fsp3) is 0.429. The molecule has 0 saturated carbocycles. The molecule has 0 saturated heterocycles. The van der Waals surface area contributed by atoms with Gasteiger partial charge in [0, 0.05) is 34.7 Å². The van der Waals surface area contributed by atoms with Crippen molar-refractivity contribution in [3.8, 4) is 0 Å². The van der Waals surface area contributed by atoms with Crippen LogP contribution < -0.4 is 5.32 Å². The second-order valence-corrected chi connectivity index (χ2v) is 8.40. The summed E-state index contributed by atoms with van der Waals surface area (Å²) in [5, 5.41) is 13.7. The van der Waals surface area contributed by atoms with Gasteiger partial charge in [-0.15, -0.1) is 0 Å². The number of benzene rings is 1. The minimum atomic E-state index is -0.849. The highest BCUT2D eigenvalue weighted by Gasteiger charge is 2.21. The quantitative estimate of drug-likeness (QED) is 0.543. The first kappa shape index (κ1) is 22.5. The maximum absolute atomic E-state index is 11.5. The Hall–Kier alpha value is -1.82. The van der Waals surface area contributed by atoms with Crippen LogP contribution in [0.5, 0.6) is 0 Å². The lowest BCUT2D eigenvalue weighted by Gasteiger charge is -2.22. The Morgan fingerprint density at radius 3 is 2.36 bits per heavy atom. The number of carboxylic acid groups (broad SMARTS) is 1. The topological polar surface area (TPSA) is 71.3 Å². The minimum absolute atomic E-state index is 0.0732. The van der Waals surface area contributed by atoms with E-state index < -0.39 is 12.0 Å². The van der Waals surface area contributed by atoms with E-state index in [0.717, 1.165) is 17.5 Å². The molecule has 152 valence electrons. The first-order valence-corrected chi connectivity index (χ1v) is 10.0. The van der Waals surface area contributed by atoms with Crippen molar-refractivity contribution in [2.24, 2.45) is 5.92 Å². The third-order valence-corrected chi connectivity index (χ3v) is 4.93. The molecule has 0 aliphatic heterocycles. The van der Waals surface area contributed by atoms with E-state index in [-0.39, 0.29) is 12.0 Å². The Morgan fingerprint density at radius 1 is 1.18 bits per heavy atom. The van der Waals surface area contributed by atoms with Crippen LogP contribution in [0, 0.1) is 5.92 Å². The Bertz CT molecular complexity index is 813. The Labute approximate surface area is 175 Å². The van der Waals surface area contributed by atoms with Gasteiger partial charge >= 0.3 is 5.97 Å². The summed E-state index contributed by atoms with van der Waals surface area (Å²) in [5.74, 6) is -0.572. The van der Waals surface area contributed by atoms with Gasteiger partial charge in [-0.3, -0.25) is 9.59 Å². The van der Waals surface area contributed by atoms with Gasteiger partial charge < -0.3 is 15.0 Å². The first-order chi connectivity index (χ1) is 13.2. The standard InChI is InChI=1S/C21H26Cl2N2O3/c1-13(2)6-20(21(27)28)24-14(3)7-18-4-5-19(12-26)25(18)11-15-8-16(22)10-17(23)9-15/h4-5,8-10,12-14,20,24H,6-7,11H2,1-3H3,(H,27,28)/t14?,20-/m0/s1. The summed E-state index contributed by atoms with van der Waals surface area (Å²) in [6.07, 6.45) is 1.96. The smallest absolute Gasteiger partial charge is 0.320 e. The van der Waals surface area contributed by atoms with Crippen molar-refractivity contribution in [1.29, 1.82) is 0 Å². The molecule has 0 fully saturated rings. The van der Waals surface area contributed by atoms with Crippen LogP contribution >= 0.6 is 23.2 Å². The van der Waals surface area contributed by atoms with Gasteiger partial charge in [0.2, 0.25) is 0 Å². The molecular weight excluding hydrogens is 399 g/mol. The molecule has 1 aromatic heterocycles. The number of hydrogen-bond donors (Lipinski definition) is 2. The Balaban J connectivity index is 2.18. The van der Waals surface area contributed by atoms with Crippen LogP contribution in [0.25, 0.3) is 0 Å². The van der Waals surface area contributed by atoms with Crippen molar-refractivity contribution >= 4 is 35.5 Å². The molecule has 0 spiro atoms. The van der Waals surface area contributed by atoms with Crippen LogP contribution in [0.2, 0.25) is 10.0 Å². The number of nitrogens with one attached hydrogen (secondary N) is 1. The lowest BCUT2D eigenvalue weighted by atomic mass is 10.0. The van der Waals surface area contributed by atoms with Gasteiger partial charge in [0.15, 0.2) is 6.29 Å². The van der Waals surface area contributed by atoms with Crippen LogP contribution in [0.4, 0.5) is 0 Å². The lowest BCUT2D eigenvalue weighted by Crippen LogP contribution is -2.44. The summed E-state index contributed by atoms with van der Waals surface area (Å²) in [7, 11) is 0. The van der Waals surface area contributed by atoms with Crippen LogP contribution in [0.3, 0.4) is 0 Å². The number of carboxylic acids is 1. The second-order valence-electron chi connectivity index (χ2n) is 7.52. The highest BCUT2D eigenvalue weighted by Crippen LogP contribution is 2.21. The van der Waals surface area contributed by atoms with E-state index in [1.54, 1.807) is 12.1 Å². The predicted molar refractivity (Wildman–Crippen MR) is 113 cm³/mol. The lowest BCUT2D eigenvalue weighted by molar-refractivity contribution is -0.140. The summed E-state index contributed by atoms with van der Waals surface area (Å²) in [5.41, 5.74) is 2.38. The summed E-state index contributed by atoms with van der Waals surface area (Å²) >= 11 is 12.2. The Kier molecular flexibility index (Phi) is 8.10. The molecule has 7 heteroatoms. The molecule has 0 aliphatic rings. The third kappa shape index (κ3) is 6.36. The van der Waals surface area contributed by atoms with Gasteiger partial charge in [-0.25, -0.2) is 0 Å². The van der Waals surface area contributed by atoms with Gasteiger partial charge in [-0.1, -0.05) is 37.0 Å². The molecule has 0 radical (unpaired) electrons. The maximum atomic E-state index is 11.5. The largest absolute Gasteiger partial charge is 0.480 e. The second kappa shape index (κ2) is 10.1. The number of halogens is 2. The molecule has 1 unspecified atom stereocenters. The molecule has 2 rings (SSSR count). The molecule has 5 nitrogen and oxygen atoms in total. The highest BCUT2D eigenvalue weighted by atomic mass is 35.5. The van der Waals surface area contributed by atoms with Crippen molar-refractivity contribution in [2.75, 3.05) is 0 Å². The number of nitrogens with zero attached hydrogens (tertiary/aromatic N) is 1. The minimum Gasteiger partial charge on any atom is -0.480 e. The molecule has 0 bridgehead atoms. The van der Waals surface area contributed by atoms with Gasteiger partial charge in [0.05, 0.1) is 5.69 Å². The number of aldehydes is 1. The zero-order chi connectivity index (χ0) is 20.8. The van der Waals surface area contributed by atoms with E-state index in [0.29, 0.717) is 35.1 Å². The first-order valence-electron chi connectivity index (χ1n) is 9.27. The number of carbonyl (C=O) groups excluding carboxylic acids is 1. The van der Waals surface area contributed by atoms with E-state index >= 15 is 0 Å². The van der Waals surface area contributed by atoms with Crippen LogP contribution in [0.1, 0.15) is 48.9 Å². The molecule has 2 N–H and O–H groups in total. The van der Waals surface area contributed by atoms with Crippen molar-refractivity contribution < 1.29 is 14.7 Å². The van der Waals surface area contributed by atoms with Gasteiger partial charge in [0.25, 0.3) is 0 Å². The fourth-order valence-electron chi connectivity index (χ4n) is 3.31. The number of aliphatic carboxylic acids is 1. The van der Waals surface area contributed by atoms with Crippen molar-refractivity contribution in [2.45, 2.75) is 52.2 Å². The number of hydrogen-bond acceptors (Lipinski definition) is 3. The van der Waals surface area contributed by atoms with Crippen LogP contribution in [-0.4, -0.2) is 34.0 Å². The molecule has 1 heterocycles. The average molecular weight is 425 g/mol. The van der Waals surface area contributed by atoms with E-state index in [1.807, 2.05) is 43.5 Å². The predicted octanol–water partition coefficient (Wildman–Crippen LogP) is 4.68. The van der Waals surface area contributed by atoms with Crippen LogP contribution in [0.15, 0.2) is 30.3 Å². The van der Waals surface area contributed by atoms with E-state index in [2.05, 4.69) is 5.32 Å². The van der Waals surface area contributed by atoms with Crippen LogP contribution in [-0.2, 0) is 17.8 Å². The normalized spacial score (nSPS) is 13.5. The SMILES string of the molecule is CC(C)C[C@H](NC(C)Cc1ccc(C=O)n1Cc1cc(Cl)cc(Cl)c1)C(=O)O. The third-order valence-electron chi connectivity index (χ3n) is 4.49. The number of rotatable bonds is 10. The zero-order valence-electron chi connectivity index (χ0n) is 16.3. The van der Waals surface area contributed by atoms with Crippen molar-refractivity contribution in [3.05, 3.63) is 57.3 Å². The maximum Gasteiger partial charge on any atom is 0.320 e. The van der Waals surface area contributed by atoms with Gasteiger partial charge in [0.1, 0.15) is 6.04 Å². The molecule has 0 amide bonds. The van der Waals surface area contributed by atoms with Gasteiger partial charge in [-0.05, 0) is 55.2 Å². The van der Waals surface area contributed by atoms with Gasteiger partial charge in [-0.2, -0.15) is 0 Å². The van der Waals surface area contributed by atoms with Crippen molar-refractivity contribution in [3.63, 3.8) is 0 Å². The number of aromatic nitrogens is 1. The number of carbonyl (C=O) groups is 2. The van der Waals surface area contributed by atoms with E-state index in [1.165, 1.54) is 0 Å². The fourth-order valence-corrected chi connectivity index (χ4v) is 3.88. The van der Waals surface area contributed by atoms with E-state index in [9.17, 15) is 14.7 Å². The summed E-state index contributed by atoms with van der Waals surface area (Å²) < 4.78 is 1.91. The average Bonchev–Trinajstić information content (AvgIpc) is 2.94. The molecule has 2 aromatic rings. The molecular formula is C21H26Cl2N2O3. The van der Waals surface area contributed by atoms with E-state index in [4.69, 9.17) is 23.2 Å². The van der Waals surface area contributed by atoms with Crippen molar-refractivity contribution in [1.82, 2.24) is 9.88 Å². The molecule has 0 aliphatic carbocycles. The molecule has 2 atom stereocenters. The summed E-state index contributed by atoms with van der Waals surface area (Å²) in [4.78, 5) is 23.0. The Morgan fingerprint density at radius 2 is 1.82 bits per heavy atom.